The van der Waals surface area contributed by atoms with Crippen LogP contribution in [0.25, 0.3) is 0 Å². The molecule has 4 aliphatic rings. The van der Waals surface area contributed by atoms with Crippen molar-refractivity contribution in [1.82, 2.24) is 9.80 Å². The maximum atomic E-state index is 12.9. The first-order chi connectivity index (χ1) is 12.2. The summed E-state index contributed by atoms with van der Waals surface area (Å²) in [6.07, 6.45) is 2.86. The van der Waals surface area contributed by atoms with Crippen LogP contribution in [0.2, 0.25) is 0 Å². The van der Waals surface area contributed by atoms with Gasteiger partial charge in [0, 0.05) is 25.1 Å². The van der Waals surface area contributed by atoms with Gasteiger partial charge in [-0.15, -0.1) is 0 Å². The number of rotatable bonds is 5. The Bertz CT molecular complexity index is 627. The number of hydrogen-bond donors (Lipinski definition) is 1. The molecule has 0 radical (unpaired) electrons. The third kappa shape index (κ3) is 3.04. The lowest BCUT2D eigenvalue weighted by Gasteiger charge is -2.51. The number of ether oxygens (including phenoxy) is 1. The van der Waals surface area contributed by atoms with Crippen LogP contribution in [0.5, 0.6) is 5.75 Å². The second kappa shape index (κ2) is 6.96. The van der Waals surface area contributed by atoms with E-state index in [2.05, 4.69) is 15.9 Å². The summed E-state index contributed by atoms with van der Waals surface area (Å²) in [5.74, 6) is 1.44. The third-order valence-electron chi connectivity index (χ3n) is 6.28. The standard InChI is InChI=1S/C20H28N2O3/c1-2-25-11-8-18(24)22-13-17(15-4-3-5-16(23)12-15)20-19(22)14-6-9-21(20)10-7-14/h3-5,12,14,17,19-20,23H,2,6-11,13H2,1H3/t17-,19+,20+/m0/s1. The first-order valence-electron chi connectivity index (χ1n) is 9.59. The molecule has 1 N–H and O–H groups in total. The summed E-state index contributed by atoms with van der Waals surface area (Å²) in [6, 6.07) is 8.32. The number of carbonyl (C=O) groups is 1. The number of aromatic hydroxyl groups is 1. The molecule has 4 fully saturated rings. The Labute approximate surface area is 149 Å². The maximum absolute atomic E-state index is 12.9. The molecule has 0 aliphatic carbocycles. The second-order valence-corrected chi connectivity index (χ2v) is 7.55. The predicted molar refractivity (Wildman–Crippen MR) is 95.5 cm³/mol. The van der Waals surface area contributed by atoms with Crippen molar-refractivity contribution in [2.45, 2.75) is 44.2 Å². The highest BCUT2D eigenvalue weighted by Gasteiger charge is 2.54. The summed E-state index contributed by atoms with van der Waals surface area (Å²) in [5, 5.41) is 9.91. The molecule has 0 unspecified atom stereocenters. The monoisotopic (exact) mass is 344 g/mol. The molecule has 1 amide bonds. The molecular formula is C20H28N2O3. The van der Waals surface area contributed by atoms with Gasteiger partial charge in [0.25, 0.3) is 0 Å². The van der Waals surface area contributed by atoms with Crippen molar-refractivity contribution in [2.24, 2.45) is 5.92 Å². The number of piperidine rings is 3. The van der Waals surface area contributed by atoms with Gasteiger partial charge in [0.05, 0.1) is 19.1 Å². The molecule has 0 saturated carbocycles. The molecule has 0 spiro atoms. The van der Waals surface area contributed by atoms with Gasteiger partial charge in [0.15, 0.2) is 0 Å². The van der Waals surface area contributed by atoms with E-state index >= 15 is 0 Å². The highest BCUT2D eigenvalue weighted by atomic mass is 16.5. The summed E-state index contributed by atoms with van der Waals surface area (Å²) in [6.45, 7) is 6.17. The largest absolute Gasteiger partial charge is 0.508 e. The Balaban J connectivity index is 1.60. The fraction of sp³-hybridized carbons (Fsp3) is 0.650. The van der Waals surface area contributed by atoms with Crippen LogP contribution in [0, 0.1) is 5.92 Å². The molecule has 2 bridgehead atoms. The van der Waals surface area contributed by atoms with Gasteiger partial charge < -0.3 is 14.7 Å². The number of carbonyl (C=O) groups excluding carboxylic acids is 1. The fourth-order valence-corrected chi connectivity index (χ4v) is 5.20. The van der Waals surface area contributed by atoms with E-state index in [0.29, 0.717) is 43.4 Å². The first kappa shape index (κ1) is 16.9. The molecule has 4 heterocycles. The van der Waals surface area contributed by atoms with E-state index < -0.39 is 0 Å². The van der Waals surface area contributed by atoms with Crippen molar-refractivity contribution < 1.29 is 14.6 Å². The van der Waals surface area contributed by atoms with Gasteiger partial charge in [0.1, 0.15) is 5.75 Å². The van der Waals surface area contributed by atoms with Crippen molar-refractivity contribution in [2.75, 3.05) is 32.8 Å². The molecular weight excluding hydrogens is 316 g/mol. The van der Waals surface area contributed by atoms with E-state index in [4.69, 9.17) is 4.74 Å². The zero-order chi connectivity index (χ0) is 17.4. The SMILES string of the molecule is CCOCCC(=O)N1C[C@@H](c2cccc(O)c2)[C@@H]2[C@H]1C1CCN2CC1. The molecule has 0 aromatic heterocycles. The summed E-state index contributed by atoms with van der Waals surface area (Å²) >= 11 is 0. The predicted octanol–water partition coefficient (Wildman–Crippen LogP) is 2.21. The van der Waals surface area contributed by atoms with Gasteiger partial charge in [-0.2, -0.15) is 0 Å². The van der Waals surface area contributed by atoms with Crippen LogP contribution in [-0.4, -0.2) is 65.7 Å². The molecule has 1 aromatic rings. The minimum absolute atomic E-state index is 0.222. The Morgan fingerprint density at radius 2 is 2.08 bits per heavy atom. The van der Waals surface area contributed by atoms with E-state index in [9.17, 15) is 9.90 Å². The minimum atomic E-state index is 0.222. The van der Waals surface area contributed by atoms with Crippen molar-refractivity contribution in [3.8, 4) is 5.75 Å². The summed E-state index contributed by atoms with van der Waals surface area (Å²) < 4.78 is 5.40. The maximum Gasteiger partial charge on any atom is 0.225 e. The van der Waals surface area contributed by atoms with Crippen LogP contribution in [0.3, 0.4) is 0 Å². The van der Waals surface area contributed by atoms with Gasteiger partial charge in [-0.3, -0.25) is 9.69 Å². The van der Waals surface area contributed by atoms with Gasteiger partial charge in [0.2, 0.25) is 5.91 Å². The van der Waals surface area contributed by atoms with Gasteiger partial charge >= 0.3 is 0 Å². The van der Waals surface area contributed by atoms with Gasteiger partial charge in [-0.1, -0.05) is 12.1 Å². The summed E-state index contributed by atoms with van der Waals surface area (Å²) in [4.78, 5) is 17.6. The molecule has 5 nitrogen and oxygen atoms in total. The lowest BCUT2D eigenvalue weighted by Crippen LogP contribution is -2.60. The average molecular weight is 344 g/mol. The van der Waals surface area contributed by atoms with E-state index in [1.165, 1.54) is 12.8 Å². The molecule has 5 heteroatoms. The highest BCUT2D eigenvalue weighted by molar-refractivity contribution is 5.77. The number of phenols is 1. The molecule has 25 heavy (non-hydrogen) atoms. The zero-order valence-corrected chi connectivity index (χ0v) is 14.9. The van der Waals surface area contributed by atoms with E-state index in [1.54, 1.807) is 6.07 Å². The number of nitrogens with zero attached hydrogens (tertiary/aromatic N) is 2. The van der Waals surface area contributed by atoms with E-state index in [-0.39, 0.29) is 11.8 Å². The van der Waals surface area contributed by atoms with Crippen LogP contribution in [0.4, 0.5) is 0 Å². The summed E-state index contributed by atoms with van der Waals surface area (Å²) in [7, 11) is 0. The Morgan fingerprint density at radius 3 is 2.80 bits per heavy atom. The van der Waals surface area contributed by atoms with Gasteiger partial charge in [-0.25, -0.2) is 0 Å². The lowest BCUT2D eigenvalue weighted by molar-refractivity contribution is -0.137. The van der Waals surface area contributed by atoms with Crippen LogP contribution in [0.15, 0.2) is 24.3 Å². The second-order valence-electron chi connectivity index (χ2n) is 7.55. The number of fused-ring (bicyclic) bond motifs is 2. The first-order valence-corrected chi connectivity index (χ1v) is 9.59. The van der Waals surface area contributed by atoms with Crippen molar-refractivity contribution in [1.29, 1.82) is 0 Å². The summed E-state index contributed by atoms with van der Waals surface area (Å²) in [5.41, 5.74) is 1.16. The molecule has 136 valence electrons. The van der Waals surface area contributed by atoms with Gasteiger partial charge in [-0.05, 0) is 56.5 Å². The van der Waals surface area contributed by atoms with Crippen LogP contribution < -0.4 is 0 Å². The Kier molecular flexibility index (Phi) is 4.69. The topological polar surface area (TPSA) is 53.0 Å². The highest BCUT2D eigenvalue weighted by Crippen LogP contribution is 2.46. The lowest BCUT2D eigenvalue weighted by atomic mass is 9.75. The van der Waals surface area contributed by atoms with Crippen molar-refractivity contribution in [3.05, 3.63) is 29.8 Å². The van der Waals surface area contributed by atoms with Crippen LogP contribution >= 0.6 is 0 Å². The van der Waals surface area contributed by atoms with Crippen molar-refractivity contribution >= 4 is 5.91 Å². The minimum Gasteiger partial charge on any atom is -0.508 e. The quantitative estimate of drug-likeness (QED) is 0.832. The number of benzene rings is 1. The molecule has 4 saturated heterocycles. The zero-order valence-electron chi connectivity index (χ0n) is 14.9. The molecule has 1 aromatic carbocycles. The number of amides is 1. The normalized spacial score (nSPS) is 33.5. The Morgan fingerprint density at radius 1 is 1.28 bits per heavy atom. The molecule has 3 atom stereocenters. The smallest absolute Gasteiger partial charge is 0.225 e. The van der Waals surface area contributed by atoms with E-state index in [1.807, 2.05) is 19.1 Å². The van der Waals surface area contributed by atoms with Crippen LogP contribution in [0.1, 0.15) is 37.7 Å². The Hall–Kier alpha value is -1.59. The van der Waals surface area contributed by atoms with Crippen molar-refractivity contribution in [3.63, 3.8) is 0 Å². The third-order valence-corrected chi connectivity index (χ3v) is 6.28. The number of hydrogen-bond acceptors (Lipinski definition) is 4. The number of likely N-dealkylation sites (tertiary alicyclic amines) is 1. The molecule has 5 rings (SSSR count). The number of phenolic OH excluding ortho intramolecular Hbond substituents is 1. The fourth-order valence-electron chi connectivity index (χ4n) is 5.20. The molecule has 4 aliphatic heterocycles. The van der Waals surface area contributed by atoms with E-state index in [0.717, 1.165) is 25.2 Å². The van der Waals surface area contributed by atoms with Crippen LogP contribution in [-0.2, 0) is 9.53 Å². The average Bonchev–Trinajstić information content (AvgIpc) is 3.06.